The van der Waals surface area contributed by atoms with Gasteiger partial charge in [0.05, 0.1) is 6.10 Å². The average Bonchev–Trinajstić information content (AvgIpc) is 2.65. The predicted molar refractivity (Wildman–Crippen MR) is 61.8 cm³/mol. The second-order valence-electron chi connectivity index (χ2n) is 5.37. The number of hydrogen-bond acceptors (Lipinski definition) is 3. The van der Waals surface area contributed by atoms with Crippen LogP contribution in [0.3, 0.4) is 0 Å². The van der Waals surface area contributed by atoms with Crippen LogP contribution in [-0.4, -0.2) is 48.3 Å². The van der Waals surface area contributed by atoms with Gasteiger partial charge < -0.3 is 10.4 Å². The first-order valence-corrected chi connectivity index (χ1v) is 6.29. The van der Waals surface area contributed by atoms with E-state index in [9.17, 15) is 5.11 Å². The van der Waals surface area contributed by atoms with Crippen molar-refractivity contribution < 1.29 is 5.11 Å². The highest BCUT2D eigenvalue weighted by molar-refractivity contribution is 4.91. The molecule has 0 aromatic carbocycles. The van der Waals surface area contributed by atoms with E-state index in [4.69, 9.17) is 0 Å². The molecule has 3 heteroatoms. The maximum absolute atomic E-state index is 9.84. The first-order chi connectivity index (χ1) is 7.18. The Kier molecular flexibility index (Phi) is 3.65. The molecule has 3 nitrogen and oxygen atoms in total. The molecule has 1 aliphatic heterocycles. The van der Waals surface area contributed by atoms with Gasteiger partial charge in [-0.3, -0.25) is 4.90 Å². The number of rotatable bonds is 2. The molecule has 0 aromatic heterocycles. The molecule has 2 unspecified atom stereocenters. The van der Waals surface area contributed by atoms with Crippen molar-refractivity contribution >= 4 is 0 Å². The second kappa shape index (κ2) is 4.81. The normalized spacial score (nSPS) is 42.4. The standard InChI is InChI=1S/C12H24N2O/c1-9-3-5-10(6-4-9)14(2)11-7-13-8-12(11)15/h9-13,15H,3-8H2,1-2H3. The highest BCUT2D eigenvalue weighted by Crippen LogP contribution is 2.28. The van der Waals surface area contributed by atoms with E-state index in [1.54, 1.807) is 0 Å². The lowest BCUT2D eigenvalue weighted by Crippen LogP contribution is -2.47. The third-order valence-electron chi connectivity index (χ3n) is 4.24. The van der Waals surface area contributed by atoms with E-state index in [0.29, 0.717) is 12.1 Å². The molecule has 88 valence electrons. The van der Waals surface area contributed by atoms with E-state index < -0.39 is 0 Å². The Morgan fingerprint density at radius 2 is 1.80 bits per heavy atom. The van der Waals surface area contributed by atoms with Crippen molar-refractivity contribution in [3.05, 3.63) is 0 Å². The minimum absolute atomic E-state index is 0.172. The summed E-state index contributed by atoms with van der Waals surface area (Å²) in [4.78, 5) is 2.41. The first kappa shape index (κ1) is 11.4. The van der Waals surface area contributed by atoms with Crippen LogP contribution < -0.4 is 5.32 Å². The molecule has 1 saturated heterocycles. The van der Waals surface area contributed by atoms with Crippen LogP contribution in [0.2, 0.25) is 0 Å². The molecule has 15 heavy (non-hydrogen) atoms. The average molecular weight is 212 g/mol. The SMILES string of the molecule is CC1CCC(N(C)C2CNCC2O)CC1. The van der Waals surface area contributed by atoms with Gasteiger partial charge in [0.25, 0.3) is 0 Å². The van der Waals surface area contributed by atoms with Gasteiger partial charge in [-0.05, 0) is 38.6 Å². The van der Waals surface area contributed by atoms with Crippen LogP contribution in [0.15, 0.2) is 0 Å². The van der Waals surface area contributed by atoms with Crippen molar-refractivity contribution in [1.29, 1.82) is 0 Å². The first-order valence-electron chi connectivity index (χ1n) is 6.29. The molecular weight excluding hydrogens is 188 g/mol. The molecule has 0 radical (unpaired) electrons. The lowest BCUT2D eigenvalue weighted by atomic mass is 9.86. The second-order valence-corrected chi connectivity index (χ2v) is 5.37. The van der Waals surface area contributed by atoms with Gasteiger partial charge in [0.15, 0.2) is 0 Å². The Labute approximate surface area is 92.8 Å². The monoisotopic (exact) mass is 212 g/mol. The van der Waals surface area contributed by atoms with Gasteiger partial charge >= 0.3 is 0 Å². The zero-order valence-electron chi connectivity index (χ0n) is 9.95. The van der Waals surface area contributed by atoms with Crippen molar-refractivity contribution in [2.75, 3.05) is 20.1 Å². The maximum Gasteiger partial charge on any atom is 0.0831 e. The molecule has 1 aliphatic carbocycles. The fourth-order valence-electron chi connectivity index (χ4n) is 2.99. The molecule has 2 rings (SSSR count). The van der Waals surface area contributed by atoms with Gasteiger partial charge in [-0.2, -0.15) is 0 Å². The van der Waals surface area contributed by atoms with Crippen molar-refractivity contribution in [2.45, 2.75) is 50.8 Å². The largest absolute Gasteiger partial charge is 0.390 e. The Morgan fingerprint density at radius 1 is 1.13 bits per heavy atom. The van der Waals surface area contributed by atoms with Gasteiger partial charge in [-0.25, -0.2) is 0 Å². The van der Waals surface area contributed by atoms with Crippen LogP contribution in [0.25, 0.3) is 0 Å². The highest BCUT2D eigenvalue weighted by Gasteiger charge is 2.33. The third kappa shape index (κ3) is 2.52. The summed E-state index contributed by atoms with van der Waals surface area (Å²) in [5.74, 6) is 0.904. The molecule has 2 atom stereocenters. The van der Waals surface area contributed by atoms with Crippen LogP contribution >= 0.6 is 0 Å². The van der Waals surface area contributed by atoms with E-state index in [1.807, 2.05) is 0 Å². The molecule has 0 aromatic rings. The Bertz CT molecular complexity index is 202. The van der Waals surface area contributed by atoms with Gasteiger partial charge in [0.1, 0.15) is 0 Å². The number of nitrogens with zero attached hydrogens (tertiary/aromatic N) is 1. The predicted octanol–water partition coefficient (Wildman–Crippen LogP) is 0.830. The number of aliphatic hydroxyl groups excluding tert-OH is 1. The fourth-order valence-corrected chi connectivity index (χ4v) is 2.99. The molecule has 2 aliphatic rings. The lowest BCUT2D eigenvalue weighted by Gasteiger charge is -2.38. The number of nitrogens with one attached hydrogen (secondary N) is 1. The molecule has 1 saturated carbocycles. The van der Waals surface area contributed by atoms with Crippen LogP contribution in [0, 0.1) is 5.92 Å². The number of likely N-dealkylation sites (N-methyl/N-ethyl adjacent to an activating group) is 1. The van der Waals surface area contributed by atoms with Gasteiger partial charge in [0.2, 0.25) is 0 Å². The number of hydrogen-bond donors (Lipinski definition) is 2. The molecular formula is C12H24N2O. The van der Waals surface area contributed by atoms with Gasteiger partial charge in [-0.15, -0.1) is 0 Å². The summed E-state index contributed by atoms with van der Waals surface area (Å²) in [5.41, 5.74) is 0. The van der Waals surface area contributed by atoms with E-state index >= 15 is 0 Å². The minimum atomic E-state index is -0.172. The number of aliphatic hydroxyl groups is 1. The highest BCUT2D eigenvalue weighted by atomic mass is 16.3. The Hall–Kier alpha value is -0.120. The molecule has 0 bridgehead atoms. The molecule has 0 amide bonds. The number of β-amino-alcohol motifs (C(OH)–C–C–N with tert-alkyl or cyclic N) is 1. The van der Waals surface area contributed by atoms with E-state index in [2.05, 4.69) is 24.2 Å². The van der Waals surface area contributed by atoms with E-state index in [-0.39, 0.29) is 6.10 Å². The summed E-state index contributed by atoms with van der Waals surface area (Å²) in [6.45, 7) is 4.06. The quantitative estimate of drug-likeness (QED) is 0.712. The third-order valence-corrected chi connectivity index (χ3v) is 4.24. The smallest absolute Gasteiger partial charge is 0.0831 e. The minimum Gasteiger partial charge on any atom is -0.390 e. The Balaban J connectivity index is 1.87. The summed E-state index contributed by atoms with van der Waals surface area (Å²) < 4.78 is 0. The van der Waals surface area contributed by atoms with E-state index in [1.165, 1.54) is 25.7 Å². The maximum atomic E-state index is 9.84. The van der Waals surface area contributed by atoms with Crippen LogP contribution in [-0.2, 0) is 0 Å². The van der Waals surface area contributed by atoms with Crippen LogP contribution in [0.5, 0.6) is 0 Å². The summed E-state index contributed by atoms with van der Waals surface area (Å²) in [7, 11) is 2.18. The molecule has 2 fully saturated rings. The Morgan fingerprint density at radius 3 is 2.33 bits per heavy atom. The molecule has 2 N–H and O–H groups in total. The van der Waals surface area contributed by atoms with Crippen LogP contribution in [0.1, 0.15) is 32.6 Å². The summed E-state index contributed by atoms with van der Waals surface area (Å²) in [5, 5.41) is 13.1. The van der Waals surface area contributed by atoms with E-state index in [0.717, 1.165) is 19.0 Å². The fraction of sp³-hybridized carbons (Fsp3) is 1.00. The lowest BCUT2D eigenvalue weighted by molar-refractivity contribution is 0.0556. The van der Waals surface area contributed by atoms with Gasteiger partial charge in [-0.1, -0.05) is 6.92 Å². The van der Waals surface area contributed by atoms with Crippen molar-refractivity contribution in [3.63, 3.8) is 0 Å². The van der Waals surface area contributed by atoms with Crippen molar-refractivity contribution in [2.24, 2.45) is 5.92 Å². The van der Waals surface area contributed by atoms with Gasteiger partial charge in [0, 0.05) is 25.2 Å². The molecule has 1 heterocycles. The topological polar surface area (TPSA) is 35.5 Å². The summed E-state index contributed by atoms with van der Waals surface area (Å²) in [6, 6.07) is 1.03. The van der Waals surface area contributed by atoms with Crippen LogP contribution in [0.4, 0.5) is 0 Å². The zero-order valence-corrected chi connectivity index (χ0v) is 9.95. The molecule has 0 spiro atoms. The zero-order chi connectivity index (χ0) is 10.8. The summed E-state index contributed by atoms with van der Waals surface area (Å²) in [6.07, 6.45) is 5.15. The van der Waals surface area contributed by atoms with Crippen molar-refractivity contribution in [3.8, 4) is 0 Å². The summed E-state index contributed by atoms with van der Waals surface area (Å²) >= 11 is 0. The van der Waals surface area contributed by atoms with Crippen molar-refractivity contribution in [1.82, 2.24) is 10.2 Å².